The molecular weight excluding hydrogens is 410 g/mol. The number of esters is 1. The summed E-state index contributed by atoms with van der Waals surface area (Å²) in [6, 6.07) is 6.51. The van der Waals surface area contributed by atoms with Crippen LogP contribution in [0.4, 0.5) is 11.5 Å². The first-order chi connectivity index (χ1) is 14.0. The van der Waals surface area contributed by atoms with Crippen molar-refractivity contribution >= 4 is 33.6 Å². The lowest BCUT2D eigenvalue weighted by Crippen LogP contribution is -2.29. The minimum Gasteiger partial charge on any atom is -0.457 e. The van der Waals surface area contributed by atoms with E-state index in [0.29, 0.717) is 17.8 Å². The summed E-state index contributed by atoms with van der Waals surface area (Å²) in [5, 5.41) is 10.8. The van der Waals surface area contributed by atoms with E-state index < -0.39 is 26.5 Å². The van der Waals surface area contributed by atoms with Gasteiger partial charge in [-0.05, 0) is 62.6 Å². The van der Waals surface area contributed by atoms with Gasteiger partial charge in [-0.3, -0.25) is 10.1 Å². The SMILES string of the molecule is CC(C)(C)OC(=O)/C=C/c1cnc2c(c1)CCN2S(=O)(=O)c1ccc([N+](=O)[O-])cc1. The maximum atomic E-state index is 13.0. The first-order valence-electron chi connectivity index (χ1n) is 9.14. The average Bonchev–Trinajstić information content (AvgIpc) is 3.09. The van der Waals surface area contributed by atoms with Gasteiger partial charge in [-0.1, -0.05) is 0 Å². The molecule has 0 saturated carbocycles. The van der Waals surface area contributed by atoms with Crippen LogP contribution in [0.2, 0.25) is 0 Å². The van der Waals surface area contributed by atoms with Crippen LogP contribution in [0, 0.1) is 10.1 Å². The fourth-order valence-electron chi connectivity index (χ4n) is 2.95. The summed E-state index contributed by atoms with van der Waals surface area (Å²) in [4.78, 5) is 26.2. The lowest BCUT2D eigenvalue weighted by atomic mass is 10.1. The Kier molecular flexibility index (Phi) is 5.62. The minimum absolute atomic E-state index is 0.0448. The Labute approximate surface area is 174 Å². The number of hydrogen-bond donors (Lipinski definition) is 0. The van der Waals surface area contributed by atoms with Crippen molar-refractivity contribution in [3.63, 3.8) is 0 Å². The summed E-state index contributed by atoms with van der Waals surface area (Å²) >= 11 is 0. The molecule has 0 amide bonds. The molecule has 0 saturated heterocycles. The topological polar surface area (TPSA) is 120 Å². The Morgan fingerprint density at radius 3 is 2.53 bits per heavy atom. The number of nitrogens with zero attached hydrogens (tertiary/aromatic N) is 3. The van der Waals surface area contributed by atoms with E-state index in [4.69, 9.17) is 4.74 Å². The normalized spacial score (nSPS) is 14.0. The van der Waals surface area contributed by atoms with Gasteiger partial charge in [0.2, 0.25) is 0 Å². The van der Waals surface area contributed by atoms with Crippen LogP contribution in [0.15, 0.2) is 47.5 Å². The van der Waals surface area contributed by atoms with Crippen LogP contribution in [0.3, 0.4) is 0 Å². The highest BCUT2D eigenvalue weighted by Gasteiger charge is 2.32. The molecule has 10 heteroatoms. The van der Waals surface area contributed by atoms with E-state index in [1.165, 1.54) is 28.7 Å². The highest BCUT2D eigenvalue weighted by Crippen LogP contribution is 2.32. The highest BCUT2D eigenvalue weighted by atomic mass is 32.2. The summed E-state index contributed by atoms with van der Waals surface area (Å²) in [5.74, 6) is -0.173. The predicted molar refractivity (Wildman–Crippen MR) is 110 cm³/mol. The number of rotatable bonds is 5. The molecule has 1 aromatic carbocycles. The van der Waals surface area contributed by atoms with Crippen molar-refractivity contribution in [1.82, 2.24) is 4.98 Å². The van der Waals surface area contributed by atoms with E-state index >= 15 is 0 Å². The quantitative estimate of drug-likeness (QED) is 0.309. The van der Waals surface area contributed by atoms with Gasteiger partial charge in [0.15, 0.2) is 0 Å². The molecule has 0 N–H and O–H groups in total. The van der Waals surface area contributed by atoms with Gasteiger partial charge in [0.25, 0.3) is 15.7 Å². The molecule has 0 unspecified atom stereocenters. The van der Waals surface area contributed by atoms with Crippen LogP contribution < -0.4 is 4.31 Å². The number of carbonyl (C=O) groups excluding carboxylic acids is 1. The number of nitro benzene ring substituents is 1. The first kappa shape index (κ1) is 21.4. The number of carbonyl (C=O) groups is 1. The van der Waals surface area contributed by atoms with E-state index in [1.54, 1.807) is 32.9 Å². The second-order valence-corrected chi connectivity index (χ2v) is 9.56. The van der Waals surface area contributed by atoms with Crippen LogP contribution in [-0.2, 0) is 26.0 Å². The molecule has 30 heavy (non-hydrogen) atoms. The van der Waals surface area contributed by atoms with Gasteiger partial charge in [0.1, 0.15) is 11.4 Å². The van der Waals surface area contributed by atoms with Gasteiger partial charge in [0, 0.05) is 31.0 Å². The zero-order valence-corrected chi connectivity index (χ0v) is 17.5. The second kappa shape index (κ2) is 7.86. The number of nitro groups is 1. The molecule has 0 atom stereocenters. The number of non-ortho nitro benzene ring substituents is 1. The molecule has 0 radical (unpaired) electrons. The van der Waals surface area contributed by atoms with Gasteiger partial charge in [-0.15, -0.1) is 0 Å². The third kappa shape index (κ3) is 4.65. The van der Waals surface area contributed by atoms with Gasteiger partial charge in [-0.2, -0.15) is 0 Å². The number of pyridine rings is 1. The fourth-order valence-corrected chi connectivity index (χ4v) is 4.41. The van der Waals surface area contributed by atoms with E-state index in [9.17, 15) is 23.3 Å². The van der Waals surface area contributed by atoms with E-state index in [2.05, 4.69) is 4.98 Å². The lowest BCUT2D eigenvalue weighted by molar-refractivity contribution is -0.384. The van der Waals surface area contributed by atoms with Crippen molar-refractivity contribution in [3.8, 4) is 0 Å². The number of hydrogen-bond acceptors (Lipinski definition) is 7. The number of fused-ring (bicyclic) bond motifs is 1. The Morgan fingerprint density at radius 2 is 1.93 bits per heavy atom. The summed E-state index contributed by atoms with van der Waals surface area (Å²) in [6.45, 7) is 5.53. The van der Waals surface area contributed by atoms with E-state index in [-0.39, 0.29) is 17.1 Å². The molecule has 2 aromatic rings. The summed E-state index contributed by atoms with van der Waals surface area (Å²) in [6.07, 6.45) is 4.80. The number of aromatic nitrogens is 1. The average molecular weight is 431 g/mol. The molecule has 3 rings (SSSR count). The Balaban J connectivity index is 1.81. The van der Waals surface area contributed by atoms with Gasteiger partial charge >= 0.3 is 5.97 Å². The smallest absolute Gasteiger partial charge is 0.331 e. The molecule has 9 nitrogen and oxygen atoms in total. The Morgan fingerprint density at radius 1 is 1.27 bits per heavy atom. The lowest BCUT2D eigenvalue weighted by Gasteiger charge is -2.18. The van der Waals surface area contributed by atoms with Gasteiger partial charge < -0.3 is 4.74 Å². The molecule has 0 bridgehead atoms. The summed E-state index contributed by atoms with van der Waals surface area (Å²) < 4.78 is 32.3. The van der Waals surface area contributed by atoms with Crippen molar-refractivity contribution in [2.45, 2.75) is 37.7 Å². The summed E-state index contributed by atoms with van der Waals surface area (Å²) in [7, 11) is -3.90. The number of anilines is 1. The van der Waals surface area contributed by atoms with E-state index in [1.807, 2.05) is 0 Å². The van der Waals surface area contributed by atoms with Crippen molar-refractivity contribution < 1.29 is 22.9 Å². The number of sulfonamides is 1. The number of benzene rings is 1. The zero-order chi connectivity index (χ0) is 22.1. The zero-order valence-electron chi connectivity index (χ0n) is 16.7. The number of ether oxygens (including phenoxy) is 1. The Hall–Kier alpha value is -3.27. The largest absolute Gasteiger partial charge is 0.457 e. The predicted octanol–water partition coefficient (Wildman–Crippen LogP) is 3.10. The highest BCUT2D eigenvalue weighted by molar-refractivity contribution is 7.92. The van der Waals surface area contributed by atoms with Crippen molar-refractivity contribution in [2.24, 2.45) is 0 Å². The Bertz CT molecular complexity index is 1120. The van der Waals surface area contributed by atoms with Gasteiger partial charge in [-0.25, -0.2) is 22.5 Å². The maximum Gasteiger partial charge on any atom is 0.331 e. The molecule has 1 aliphatic heterocycles. The second-order valence-electron chi connectivity index (χ2n) is 7.70. The molecule has 0 spiro atoms. The molecular formula is C20H21N3O6S. The molecule has 0 aliphatic carbocycles. The fraction of sp³-hybridized carbons (Fsp3) is 0.300. The molecule has 1 aliphatic rings. The third-order valence-corrected chi connectivity index (χ3v) is 6.04. The van der Waals surface area contributed by atoms with Crippen LogP contribution in [0.5, 0.6) is 0 Å². The molecule has 1 aromatic heterocycles. The van der Waals surface area contributed by atoms with Gasteiger partial charge in [0.05, 0.1) is 9.82 Å². The van der Waals surface area contributed by atoms with Crippen LogP contribution in [0.25, 0.3) is 6.08 Å². The van der Waals surface area contributed by atoms with Crippen molar-refractivity contribution in [1.29, 1.82) is 0 Å². The van der Waals surface area contributed by atoms with E-state index in [0.717, 1.165) is 17.7 Å². The monoisotopic (exact) mass is 431 g/mol. The third-order valence-electron chi connectivity index (χ3n) is 4.24. The molecule has 158 valence electrons. The molecule has 0 fully saturated rings. The van der Waals surface area contributed by atoms with Crippen LogP contribution >= 0.6 is 0 Å². The van der Waals surface area contributed by atoms with Crippen molar-refractivity contribution in [3.05, 3.63) is 63.8 Å². The van der Waals surface area contributed by atoms with Crippen molar-refractivity contribution in [2.75, 3.05) is 10.8 Å². The first-order valence-corrected chi connectivity index (χ1v) is 10.6. The maximum absolute atomic E-state index is 13.0. The molecule has 2 heterocycles. The summed E-state index contributed by atoms with van der Waals surface area (Å²) in [5.41, 5.74) is 0.598. The minimum atomic E-state index is -3.90. The standard InChI is InChI=1S/C20H21N3O6S/c1-20(2,3)29-18(24)9-4-14-12-15-10-11-22(19(15)21-13-14)30(27,28)17-7-5-16(6-8-17)23(25)26/h4-9,12-13H,10-11H2,1-3H3/b9-4+. The van der Waals surface area contributed by atoms with Crippen LogP contribution in [0.1, 0.15) is 31.9 Å². The van der Waals surface area contributed by atoms with Crippen LogP contribution in [-0.4, -0.2) is 36.4 Å².